The summed E-state index contributed by atoms with van der Waals surface area (Å²) in [5.74, 6) is -4.08. The molecule has 10 heteroatoms. The van der Waals surface area contributed by atoms with Crippen LogP contribution in [0, 0.1) is 17.3 Å². The number of allylic oxidation sites excluding steroid dienone is 1. The van der Waals surface area contributed by atoms with Gasteiger partial charge in [0.05, 0.1) is 0 Å². The molecule has 0 aromatic carbocycles. The molecule has 1 spiro atoms. The fourth-order valence-electron chi connectivity index (χ4n) is 6.60. The van der Waals surface area contributed by atoms with Crippen molar-refractivity contribution in [2.75, 3.05) is 0 Å². The summed E-state index contributed by atoms with van der Waals surface area (Å²) in [5, 5.41) is 0. The summed E-state index contributed by atoms with van der Waals surface area (Å²) in [6.45, 7) is 11.2. The van der Waals surface area contributed by atoms with Crippen molar-refractivity contribution in [1.82, 2.24) is 0 Å². The monoisotopic (exact) mass is 532 g/mol. The zero-order chi connectivity index (χ0) is 28.2. The predicted octanol–water partition coefficient (Wildman–Crippen LogP) is 2.76. The highest BCUT2D eigenvalue weighted by atomic mass is 16.7. The number of hydrogen-bond acceptors (Lipinski definition) is 10. The molecule has 0 bridgehead atoms. The number of fused-ring (bicyclic) bond motifs is 1. The second-order valence-corrected chi connectivity index (χ2v) is 11.2. The van der Waals surface area contributed by atoms with Gasteiger partial charge in [0.1, 0.15) is 18.3 Å². The Morgan fingerprint density at radius 1 is 1.05 bits per heavy atom. The number of hydrogen-bond donors (Lipinski definition) is 0. The van der Waals surface area contributed by atoms with E-state index < -0.39 is 76.7 Å². The van der Waals surface area contributed by atoms with E-state index in [2.05, 4.69) is 0 Å². The van der Waals surface area contributed by atoms with Crippen molar-refractivity contribution in [1.29, 1.82) is 0 Å². The molecule has 0 N–H and O–H groups in total. The molecular weight excluding hydrogens is 496 g/mol. The lowest BCUT2D eigenvalue weighted by molar-refractivity contribution is -0.193. The Bertz CT molecular complexity index is 1120. The molecule has 0 amide bonds. The fourth-order valence-corrected chi connectivity index (χ4v) is 6.60. The van der Waals surface area contributed by atoms with E-state index in [1.807, 2.05) is 6.92 Å². The molecule has 9 atom stereocenters. The van der Waals surface area contributed by atoms with Gasteiger partial charge in [-0.2, -0.15) is 0 Å². The van der Waals surface area contributed by atoms with Crippen LogP contribution in [0.3, 0.4) is 0 Å². The van der Waals surface area contributed by atoms with E-state index >= 15 is 0 Å². The second kappa shape index (κ2) is 9.63. The van der Waals surface area contributed by atoms with Crippen LogP contribution >= 0.6 is 0 Å². The summed E-state index contributed by atoms with van der Waals surface area (Å²) in [6.07, 6.45) is 1.63. The van der Waals surface area contributed by atoms with Crippen molar-refractivity contribution in [2.24, 2.45) is 17.3 Å². The average molecular weight is 533 g/mol. The van der Waals surface area contributed by atoms with Gasteiger partial charge in [-0.3, -0.25) is 19.2 Å². The molecule has 4 rings (SSSR count). The first-order chi connectivity index (χ1) is 17.7. The molecule has 0 saturated carbocycles. The van der Waals surface area contributed by atoms with Crippen molar-refractivity contribution in [3.8, 4) is 0 Å². The maximum atomic E-state index is 13.1. The third kappa shape index (κ3) is 4.26. The molecule has 0 unspecified atom stereocenters. The van der Waals surface area contributed by atoms with Gasteiger partial charge in [-0.1, -0.05) is 32.4 Å². The fraction of sp³-hybridized carbons (Fsp3) is 0.679. The Kier molecular flexibility index (Phi) is 7.10. The first-order valence-electron chi connectivity index (χ1n) is 13.1. The summed E-state index contributed by atoms with van der Waals surface area (Å²) >= 11 is 0. The third-order valence-corrected chi connectivity index (χ3v) is 8.42. The number of ether oxygens (including phenoxy) is 5. The quantitative estimate of drug-likeness (QED) is 0.225. The van der Waals surface area contributed by atoms with Gasteiger partial charge in [0, 0.05) is 43.9 Å². The number of carbonyl (C=O) groups is 5. The summed E-state index contributed by atoms with van der Waals surface area (Å²) in [7, 11) is 0. The molecule has 38 heavy (non-hydrogen) atoms. The normalized spacial score (nSPS) is 42.9. The van der Waals surface area contributed by atoms with Crippen molar-refractivity contribution in [2.45, 2.75) is 103 Å². The lowest BCUT2D eigenvalue weighted by Crippen LogP contribution is -2.61. The lowest BCUT2D eigenvalue weighted by atomic mass is 9.57. The van der Waals surface area contributed by atoms with Crippen LogP contribution in [-0.4, -0.2) is 65.3 Å². The zero-order valence-electron chi connectivity index (χ0n) is 22.9. The second-order valence-electron chi connectivity index (χ2n) is 11.2. The molecular formula is C28H36O10. The molecule has 0 aromatic heterocycles. The van der Waals surface area contributed by atoms with Crippen molar-refractivity contribution < 1.29 is 47.7 Å². The van der Waals surface area contributed by atoms with Crippen LogP contribution in [-0.2, 0) is 47.7 Å². The van der Waals surface area contributed by atoms with E-state index in [0.717, 1.165) is 0 Å². The predicted molar refractivity (Wildman–Crippen MR) is 131 cm³/mol. The van der Waals surface area contributed by atoms with Crippen LogP contribution in [0.2, 0.25) is 0 Å². The molecule has 0 radical (unpaired) electrons. The Balaban J connectivity index is 1.98. The van der Waals surface area contributed by atoms with Crippen LogP contribution in [0.1, 0.15) is 67.7 Å². The molecule has 2 heterocycles. The van der Waals surface area contributed by atoms with E-state index in [1.165, 1.54) is 19.9 Å². The minimum Gasteiger partial charge on any atom is -0.459 e. The Labute approximate surface area is 222 Å². The first kappa shape index (κ1) is 28.0. The lowest BCUT2D eigenvalue weighted by Gasteiger charge is -2.51. The van der Waals surface area contributed by atoms with Crippen molar-refractivity contribution in [3.05, 3.63) is 23.8 Å². The van der Waals surface area contributed by atoms with Crippen molar-refractivity contribution >= 4 is 29.7 Å². The number of carbonyl (C=O) groups excluding carboxylic acids is 5. The molecule has 2 aliphatic heterocycles. The van der Waals surface area contributed by atoms with Gasteiger partial charge in [0.25, 0.3) is 0 Å². The van der Waals surface area contributed by atoms with E-state index in [4.69, 9.17) is 23.7 Å². The zero-order valence-corrected chi connectivity index (χ0v) is 22.9. The summed E-state index contributed by atoms with van der Waals surface area (Å²) in [6, 6.07) is 0. The topological polar surface area (TPSA) is 135 Å². The standard InChI is InChI=1S/C28H36O10/c1-8-9-21(32)36-19-12-14(2)13-20-28(27(7,38-28)25(33)37-20)24(35-17(5)30)22-15(3)18(31)10-11-26(22,6)23(19)34-16(4)29/h10-11,13,15,19-20,22-24H,8-9,12H2,1-7H3/b14-13-/t15-,19-,20-,22+,23-,24-,26-,27-,28-/m0/s1. The average Bonchev–Trinajstić information content (AvgIpc) is 3.40. The minimum absolute atomic E-state index is 0.169. The minimum atomic E-state index is -1.40. The highest BCUT2D eigenvalue weighted by Gasteiger charge is 2.87. The van der Waals surface area contributed by atoms with Crippen LogP contribution in [0.4, 0.5) is 0 Å². The molecule has 208 valence electrons. The van der Waals surface area contributed by atoms with E-state index in [1.54, 1.807) is 39.8 Å². The van der Waals surface area contributed by atoms with Gasteiger partial charge in [-0.25, -0.2) is 4.79 Å². The smallest absolute Gasteiger partial charge is 0.342 e. The SMILES string of the molecule is CCCC(=O)O[C@H]1C/C(C)=C\[C@@H]2OC(=O)[C@]3(C)O[C@]23[C@@H](OC(C)=O)[C@H]2[C@@H](C)C(=O)C=C[C@]2(C)[C@H]1OC(C)=O. The highest BCUT2D eigenvalue weighted by Crippen LogP contribution is 2.64. The van der Waals surface area contributed by atoms with Gasteiger partial charge in [0.15, 0.2) is 23.1 Å². The third-order valence-electron chi connectivity index (χ3n) is 8.42. The number of rotatable bonds is 5. The van der Waals surface area contributed by atoms with Crippen LogP contribution in [0.25, 0.3) is 0 Å². The summed E-state index contributed by atoms with van der Waals surface area (Å²) in [4.78, 5) is 63.7. The molecule has 2 saturated heterocycles. The van der Waals surface area contributed by atoms with Crippen LogP contribution in [0.5, 0.6) is 0 Å². The van der Waals surface area contributed by atoms with Gasteiger partial charge in [-0.15, -0.1) is 0 Å². The van der Waals surface area contributed by atoms with Crippen LogP contribution < -0.4 is 0 Å². The van der Waals surface area contributed by atoms with E-state index in [-0.39, 0.29) is 18.6 Å². The van der Waals surface area contributed by atoms with Gasteiger partial charge < -0.3 is 23.7 Å². The van der Waals surface area contributed by atoms with Crippen molar-refractivity contribution in [3.63, 3.8) is 0 Å². The maximum Gasteiger partial charge on any atom is 0.342 e. The summed E-state index contributed by atoms with van der Waals surface area (Å²) in [5.41, 5.74) is -3.27. The Morgan fingerprint density at radius 3 is 2.26 bits per heavy atom. The van der Waals surface area contributed by atoms with E-state index in [9.17, 15) is 24.0 Å². The molecule has 2 aliphatic carbocycles. The Morgan fingerprint density at radius 2 is 1.68 bits per heavy atom. The number of epoxide rings is 1. The van der Waals surface area contributed by atoms with Gasteiger partial charge in [-0.05, 0) is 32.4 Å². The largest absolute Gasteiger partial charge is 0.459 e. The molecule has 10 nitrogen and oxygen atoms in total. The molecule has 2 fully saturated rings. The molecule has 0 aromatic rings. The molecule has 4 aliphatic rings. The van der Waals surface area contributed by atoms with Crippen LogP contribution in [0.15, 0.2) is 23.8 Å². The number of ketones is 1. The summed E-state index contributed by atoms with van der Waals surface area (Å²) < 4.78 is 29.6. The van der Waals surface area contributed by atoms with E-state index in [0.29, 0.717) is 12.0 Å². The first-order valence-corrected chi connectivity index (χ1v) is 13.1. The van der Waals surface area contributed by atoms with Gasteiger partial charge >= 0.3 is 23.9 Å². The van der Waals surface area contributed by atoms with Gasteiger partial charge in [0.2, 0.25) is 0 Å². The maximum absolute atomic E-state index is 13.1. The highest BCUT2D eigenvalue weighted by molar-refractivity contribution is 5.93. The Hall–Kier alpha value is -3.01. The number of esters is 4.